The third-order valence-electron chi connectivity index (χ3n) is 4.31. The summed E-state index contributed by atoms with van der Waals surface area (Å²) in [7, 11) is 0. The number of anilines is 1. The van der Waals surface area contributed by atoms with Crippen LogP contribution in [0.5, 0.6) is 5.75 Å². The molecule has 0 unspecified atom stereocenters. The molecule has 1 amide bonds. The maximum absolute atomic E-state index is 12.5. The van der Waals surface area contributed by atoms with Crippen molar-refractivity contribution in [3.8, 4) is 5.75 Å². The average molecular weight is 479 g/mol. The van der Waals surface area contributed by atoms with Gasteiger partial charge in [-0.2, -0.15) is 0 Å². The van der Waals surface area contributed by atoms with Gasteiger partial charge in [-0.15, -0.1) is 0 Å². The van der Waals surface area contributed by atoms with E-state index in [1.54, 1.807) is 6.92 Å². The highest BCUT2D eigenvalue weighted by atomic mass is 35.5. The molecule has 12 heteroatoms. The van der Waals surface area contributed by atoms with E-state index >= 15 is 0 Å². The van der Waals surface area contributed by atoms with Crippen molar-refractivity contribution in [1.82, 2.24) is 9.97 Å². The minimum absolute atomic E-state index is 0.0241. The van der Waals surface area contributed by atoms with Crippen LogP contribution in [-0.2, 0) is 6.42 Å². The summed E-state index contributed by atoms with van der Waals surface area (Å²) >= 11 is 11.9. The highest BCUT2D eigenvalue weighted by molar-refractivity contribution is 6.37. The Hall–Kier alpha value is -3.63. The number of benzene rings is 2. The standard InChI is InChI=1S/C20H16Cl2N4O6/c1-10-23-17(18(24-10)26(30)31)6-7-32-12-3-5-16(14(9-12)20(28)29)25-19(27)13-4-2-11(21)8-15(13)22/h2-5,8-9H,6-7H2,1H3,(H,23,24)(H,25,27)(H,28,29). The van der Waals surface area contributed by atoms with Crippen LogP contribution in [0.15, 0.2) is 36.4 Å². The zero-order valence-corrected chi connectivity index (χ0v) is 18.0. The molecule has 0 saturated carbocycles. The third-order valence-corrected chi connectivity index (χ3v) is 4.86. The second-order valence-corrected chi connectivity index (χ2v) is 7.41. The normalized spacial score (nSPS) is 10.6. The predicted molar refractivity (Wildman–Crippen MR) is 117 cm³/mol. The largest absolute Gasteiger partial charge is 0.493 e. The summed E-state index contributed by atoms with van der Waals surface area (Å²) in [5.41, 5.74) is 0.195. The number of H-pyrrole nitrogens is 1. The Morgan fingerprint density at radius 1 is 1.22 bits per heavy atom. The first-order chi connectivity index (χ1) is 15.2. The van der Waals surface area contributed by atoms with Crippen LogP contribution in [0.25, 0.3) is 0 Å². The number of rotatable bonds is 8. The number of imidazole rings is 1. The van der Waals surface area contributed by atoms with Gasteiger partial charge in [0, 0.05) is 18.4 Å². The van der Waals surface area contributed by atoms with Crippen molar-refractivity contribution in [2.45, 2.75) is 13.3 Å². The van der Waals surface area contributed by atoms with Crippen molar-refractivity contribution in [3.05, 3.63) is 79.2 Å². The fourth-order valence-corrected chi connectivity index (χ4v) is 3.37. The molecule has 1 aromatic heterocycles. The maximum atomic E-state index is 12.5. The second-order valence-electron chi connectivity index (χ2n) is 6.56. The summed E-state index contributed by atoms with van der Waals surface area (Å²) in [6.45, 7) is 1.62. The molecular weight excluding hydrogens is 463 g/mol. The Labute approximate surface area is 191 Å². The molecule has 0 bridgehead atoms. The van der Waals surface area contributed by atoms with Crippen LogP contribution in [0, 0.1) is 17.0 Å². The lowest BCUT2D eigenvalue weighted by Gasteiger charge is -2.12. The second kappa shape index (κ2) is 9.67. The number of halogens is 2. The van der Waals surface area contributed by atoms with Gasteiger partial charge in [0.15, 0.2) is 5.82 Å². The number of carbonyl (C=O) groups is 2. The lowest BCUT2D eigenvalue weighted by Crippen LogP contribution is -2.15. The molecule has 0 atom stereocenters. The SMILES string of the molecule is Cc1nc(CCOc2ccc(NC(=O)c3ccc(Cl)cc3Cl)c(C(=O)O)c2)c([N+](=O)[O-])[nH]1. The minimum Gasteiger partial charge on any atom is -0.493 e. The number of aromatic carboxylic acids is 1. The molecule has 0 saturated heterocycles. The summed E-state index contributed by atoms with van der Waals surface area (Å²) < 4.78 is 5.53. The number of amides is 1. The predicted octanol–water partition coefficient (Wildman–Crippen LogP) is 4.51. The van der Waals surface area contributed by atoms with E-state index in [1.165, 1.54) is 36.4 Å². The number of aromatic nitrogens is 2. The van der Waals surface area contributed by atoms with Crippen LogP contribution in [0.2, 0.25) is 10.0 Å². The smallest absolute Gasteiger partial charge is 0.344 e. The van der Waals surface area contributed by atoms with Crippen molar-refractivity contribution in [3.63, 3.8) is 0 Å². The van der Waals surface area contributed by atoms with Crippen molar-refractivity contribution in [2.75, 3.05) is 11.9 Å². The van der Waals surface area contributed by atoms with Crippen molar-refractivity contribution < 1.29 is 24.4 Å². The molecular formula is C20H16Cl2N4O6. The fourth-order valence-electron chi connectivity index (χ4n) is 2.88. The molecule has 2 aromatic carbocycles. The number of aryl methyl sites for hydroxylation is 1. The van der Waals surface area contributed by atoms with Crippen LogP contribution in [0.3, 0.4) is 0 Å². The molecule has 0 aliphatic rings. The van der Waals surface area contributed by atoms with E-state index in [0.717, 1.165) is 0 Å². The number of carboxylic acid groups (broad SMARTS) is 1. The van der Waals surface area contributed by atoms with Gasteiger partial charge in [-0.1, -0.05) is 23.2 Å². The van der Waals surface area contributed by atoms with Gasteiger partial charge >= 0.3 is 11.8 Å². The Balaban J connectivity index is 1.72. The van der Waals surface area contributed by atoms with Crippen molar-refractivity contribution in [2.24, 2.45) is 0 Å². The molecule has 0 aliphatic carbocycles. The number of carbonyl (C=O) groups excluding carboxylic acids is 1. The fraction of sp³-hybridized carbons (Fsp3) is 0.150. The van der Waals surface area contributed by atoms with Crippen LogP contribution in [0.4, 0.5) is 11.5 Å². The zero-order chi connectivity index (χ0) is 23.4. The molecule has 0 spiro atoms. The van der Waals surface area contributed by atoms with E-state index in [0.29, 0.717) is 10.8 Å². The first-order valence-electron chi connectivity index (χ1n) is 9.12. The third kappa shape index (κ3) is 5.34. The van der Waals surface area contributed by atoms with E-state index in [1.807, 2.05) is 0 Å². The van der Waals surface area contributed by atoms with E-state index in [-0.39, 0.29) is 52.1 Å². The summed E-state index contributed by atoms with van der Waals surface area (Å²) in [4.78, 5) is 41.3. The van der Waals surface area contributed by atoms with E-state index in [9.17, 15) is 24.8 Å². The molecule has 0 radical (unpaired) electrons. The van der Waals surface area contributed by atoms with Crippen LogP contribution < -0.4 is 10.1 Å². The van der Waals surface area contributed by atoms with Gasteiger partial charge in [0.1, 0.15) is 11.4 Å². The van der Waals surface area contributed by atoms with E-state index < -0.39 is 16.8 Å². The van der Waals surface area contributed by atoms with Crippen molar-refractivity contribution >= 4 is 46.6 Å². The first-order valence-corrected chi connectivity index (χ1v) is 9.87. The van der Waals surface area contributed by atoms with Gasteiger partial charge in [0.05, 0.1) is 28.4 Å². The summed E-state index contributed by atoms with van der Waals surface area (Å²) in [6.07, 6.45) is 0.136. The zero-order valence-electron chi connectivity index (χ0n) is 16.5. The van der Waals surface area contributed by atoms with Gasteiger partial charge in [-0.3, -0.25) is 4.79 Å². The molecule has 166 valence electrons. The number of aromatic amines is 1. The molecule has 1 heterocycles. The topological polar surface area (TPSA) is 147 Å². The maximum Gasteiger partial charge on any atom is 0.344 e. The van der Waals surface area contributed by atoms with Crippen LogP contribution in [-0.4, -0.2) is 38.5 Å². The average Bonchev–Trinajstić information content (AvgIpc) is 3.09. The lowest BCUT2D eigenvalue weighted by atomic mass is 10.1. The number of nitrogens with one attached hydrogen (secondary N) is 2. The first kappa shape index (κ1) is 23.0. The lowest BCUT2D eigenvalue weighted by molar-refractivity contribution is -0.390. The Morgan fingerprint density at radius 3 is 2.62 bits per heavy atom. The Bertz CT molecular complexity index is 1210. The molecule has 3 aromatic rings. The summed E-state index contributed by atoms with van der Waals surface area (Å²) in [5, 5.41) is 23.5. The number of hydrogen-bond acceptors (Lipinski definition) is 6. The monoisotopic (exact) mass is 478 g/mol. The van der Waals surface area contributed by atoms with Gasteiger partial charge < -0.3 is 25.3 Å². The summed E-state index contributed by atoms with van der Waals surface area (Å²) in [6, 6.07) is 8.40. The molecule has 3 N–H and O–H groups in total. The minimum atomic E-state index is -1.29. The highest BCUT2D eigenvalue weighted by Crippen LogP contribution is 2.26. The molecule has 3 rings (SSSR count). The molecule has 0 aliphatic heterocycles. The number of ether oxygens (including phenoxy) is 1. The van der Waals surface area contributed by atoms with Gasteiger partial charge in [0.2, 0.25) is 0 Å². The van der Waals surface area contributed by atoms with Crippen LogP contribution >= 0.6 is 23.2 Å². The van der Waals surface area contributed by atoms with Gasteiger partial charge in [-0.05, 0) is 41.3 Å². The highest BCUT2D eigenvalue weighted by Gasteiger charge is 2.19. The van der Waals surface area contributed by atoms with E-state index in [2.05, 4.69) is 15.3 Å². The van der Waals surface area contributed by atoms with Gasteiger partial charge in [0.25, 0.3) is 5.91 Å². The molecule has 10 nitrogen and oxygen atoms in total. The molecule has 0 fully saturated rings. The quantitative estimate of drug-likeness (QED) is 0.318. The number of nitrogens with zero attached hydrogens (tertiary/aromatic N) is 2. The number of nitro groups is 1. The Kier molecular flexibility index (Phi) is 6.96. The number of carboxylic acids is 1. The summed E-state index contributed by atoms with van der Waals surface area (Å²) in [5.74, 6) is -1.49. The van der Waals surface area contributed by atoms with Crippen LogP contribution in [0.1, 0.15) is 32.2 Å². The van der Waals surface area contributed by atoms with Crippen molar-refractivity contribution in [1.29, 1.82) is 0 Å². The number of hydrogen-bond donors (Lipinski definition) is 3. The Morgan fingerprint density at radius 2 is 1.97 bits per heavy atom. The van der Waals surface area contributed by atoms with E-state index in [4.69, 9.17) is 27.9 Å². The molecule has 32 heavy (non-hydrogen) atoms. The van der Waals surface area contributed by atoms with Gasteiger partial charge in [-0.25, -0.2) is 14.8 Å².